The number of nitrogens with zero attached hydrogens (tertiary/aromatic N) is 1. The SMILES string of the molecule is Cc1cc(OCC(=O)N(Cc2cccc(Br)c2)[C@H](C)C(=O)NC2CCCC2)ccc1Cl. The van der Waals surface area contributed by atoms with Crippen LogP contribution in [0.25, 0.3) is 0 Å². The highest BCUT2D eigenvalue weighted by molar-refractivity contribution is 9.10. The summed E-state index contributed by atoms with van der Waals surface area (Å²) in [4.78, 5) is 27.6. The maximum Gasteiger partial charge on any atom is 0.261 e. The molecule has 0 unspecified atom stereocenters. The molecule has 0 aromatic heterocycles. The molecule has 3 rings (SSSR count). The molecule has 0 saturated heterocycles. The summed E-state index contributed by atoms with van der Waals surface area (Å²) in [7, 11) is 0. The zero-order valence-corrected chi connectivity index (χ0v) is 20.2. The number of carbonyl (C=O) groups is 2. The topological polar surface area (TPSA) is 58.6 Å². The summed E-state index contributed by atoms with van der Waals surface area (Å²) in [5.41, 5.74) is 1.81. The fourth-order valence-corrected chi connectivity index (χ4v) is 4.31. The van der Waals surface area contributed by atoms with Crippen molar-refractivity contribution < 1.29 is 14.3 Å². The summed E-state index contributed by atoms with van der Waals surface area (Å²) >= 11 is 9.53. The maximum absolute atomic E-state index is 13.1. The predicted octanol–water partition coefficient (Wildman–Crippen LogP) is 5.27. The minimum Gasteiger partial charge on any atom is -0.484 e. The number of hydrogen-bond donors (Lipinski definition) is 1. The van der Waals surface area contributed by atoms with E-state index in [1.807, 2.05) is 31.2 Å². The Labute approximate surface area is 197 Å². The number of halogens is 2. The van der Waals surface area contributed by atoms with Crippen molar-refractivity contribution in [2.45, 2.75) is 58.2 Å². The summed E-state index contributed by atoms with van der Waals surface area (Å²) < 4.78 is 6.64. The highest BCUT2D eigenvalue weighted by Crippen LogP contribution is 2.22. The van der Waals surface area contributed by atoms with Gasteiger partial charge in [-0.1, -0.05) is 52.5 Å². The average molecular weight is 508 g/mol. The van der Waals surface area contributed by atoms with Gasteiger partial charge >= 0.3 is 0 Å². The third-order valence-corrected chi connectivity index (χ3v) is 6.52. The van der Waals surface area contributed by atoms with Gasteiger partial charge in [-0.25, -0.2) is 0 Å². The van der Waals surface area contributed by atoms with Crippen molar-refractivity contribution in [2.75, 3.05) is 6.61 Å². The predicted molar refractivity (Wildman–Crippen MR) is 126 cm³/mol. The number of amides is 2. The molecule has 1 aliphatic carbocycles. The minimum absolute atomic E-state index is 0.127. The number of aryl methyl sites for hydroxylation is 1. The number of carbonyl (C=O) groups excluding carboxylic acids is 2. The van der Waals surface area contributed by atoms with Crippen molar-refractivity contribution >= 4 is 39.3 Å². The van der Waals surface area contributed by atoms with E-state index >= 15 is 0 Å². The fraction of sp³-hybridized carbons (Fsp3) is 0.417. The first-order valence-electron chi connectivity index (χ1n) is 10.6. The molecule has 1 fully saturated rings. The van der Waals surface area contributed by atoms with E-state index in [0.717, 1.165) is 41.3 Å². The van der Waals surface area contributed by atoms with Gasteiger partial charge in [0.1, 0.15) is 11.8 Å². The standard InChI is InChI=1S/C24H28BrClN2O3/c1-16-12-21(10-11-22(16)26)31-15-23(29)28(14-18-6-5-7-19(25)13-18)17(2)24(30)27-20-8-3-4-9-20/h5-7,10-13,17,20H,3-4,8-9,14-15H2,1-2H3,(H,27,30)/t17-/m1/s1. The molecule has 0 radical (unpaired) electrons. The molecule has 1 aliphatic rings. The van der Waals surface area contributed by atoms with E-state index in [0.29, 0.717) is 17.3 Å². The monoisotopic (exact) mass is 506 g/mol. The summed E-state index contributed by atoms with van der Waals surface area (Å²) in [6.45, 7) is 3.81. The number of ether oxygens (including phenoxy) is 1. The summed E-state index contributed by atoms with van der Waals surface area (Å²) in [6.07, 6.45) is 4.26. The average Bonchev–Trinajstić information content (AvgIpc) is 3.25. The highest BCUT2D eigenvalue weighted by atomic mass is 79.9. The van der Waals surface area contributed by atoms with Gasteiger partial charge in [-0.05, 0) is 68.1 Å². The smallest absolute Gasteiger partial charge is 0.261 e. The molecular weight excluding hydrogens is 480 g/mol. The van der Waals surface area contributed by atoms with Crippen LogP contribution < -0.4 is 10.1 Å². The lowest BCUT2D eigenvalue weighted by molar-refractivity contribution is -0.142. The number of hydrogen-bond acceptors (Lipinski definition) is 3. The molecule has 2 aromatic carbocycles. The second kappa shape index (κ2) is 11.0. The van der Waals surface area contributed by atoms with Gasteiger partial charge in [0.2, 0.25) is 5.91 Å². The van der Waals surface area contributed by atoms with Crippen LogP contribution in [-0.2, 0) is 16.1 Å². The van der Waals surface area contributed by atoms with Crippen molar-refractivity contribution in [1.82, 2.24) is 10.2 Å². The quantitative estimate of drug-likeness (QED) is 0.530. The Morgan fingerprint density at radius 2 is 1.97 bits per heavy atom. The first kappa shape index (κ1) is 23.6. The van der Waals surface area contributed by atoms with Crippen LogP contribution >= 0.6 is 27.5 Å². The van der Waals surface area contributed by atoms with E-state index in [1.165, 1.54) is 0 Å². The van der Waals surface area contributed by atoms with E-state index in [1.54, 1.807) is 30.0 Å². The first-order valence-corrected chi connectivity index (χ1v) is 11.7. The molecule has 0 aliphatic heterocycles. The van der Waals surface area contributed by atoms with Crippen molar-refractivity contribution in [3.8, 4) is 5.75 Å². The lowest BCUT2D eigenvalue weighted by atomic mass is 10.1. The molecule has 31 heavy (non-hydrogen) atoms. The van der Waals surface area contributed by atoms with Gasteiger partial charge in [0, 0.05) is 22.1 Å². The van der Waals surface area contributed by atoms with E-state index in [-0.39, 0.29) is 24.5 Å². The normalized spacial score (nSPS) is 14.8. The molecule has 5 nitrogen and oxygen atoms in total. The first-order chi connectivity index (χ1) is 14.8. The lowest BCUT2D eigenvalue weighted by Gasteiger charge is -2.29. The van der Waals surface area contributed by atoms with Crippen LogP contribution in [0.5, 0.6) is 5.75 Å². The van der Waals surface area contributed by atoms with Crippen LogP contribution in [0.3, 0.4) is 0 Å². The third-order valence-electron chi connectivity index (χ3n) is 5.60. The fourth-order valence-electron chi connectivity index (χ4n) is 3.74. The Balaban J connectivity index is 1.72. The molecule has 2 amide bonds. The summed E-state index contributed by atoms with van der Waals surface area (Å²) in [5, 5.41) is 3.75. The number of nitrogens with one attached hydrogen (secondary N) is 1. The number of benzene rings is 2. The molecule has 7 heteroatoms. The van der Waals surface area contributed by atoms with E-state index in [9.17, 15) is 9.59 Å². The highest BCUT2D eigenvalue weighted by Gasteiger charge is 2.28. The Bertz CT molecular complexity index is 931. The number of rotatable bonds is 8. The van der Waals surface area contributed by atoms with Gasteiger partial charge in [-0.15, -0.1) is 0 Å². The molecule has 166 valence electrons. The van der Waals surface area contributed by atoms with E-state index < -0.39 is 6.04 Å². The second-order valence-electron chi connectivity index (χ2n) is 8.02. The van der Waals surface area contributed by atoms with Gasteiger partial charge in [0.05, 0.1) is 0 Å². The largest absolute Gasteiger partial charge is 0.484 e. The molecule has 2 aromatic rings. The molecule has 0 spiro atoms. The summed E-state index contributed by atoms with van der Waals surface area (Å²) in [5.74, 6) is 0.194. The van der Waals surface area contributed by atoms with E-state index in [4.69, 9.17) is 16.3 Å². The van der Waals surface area contributed by atoms with Gasteiger partial charge < -0.3 is 15.0 Å². The second-order valence-corrected chi connectivity index (χ2v) is 9.34. The minimum atomic E-state index is -0.609. The van der Waals surface area contributed by atoms with Gasteiger partial charge in [0.15, 0.2) is 6.61 Å². The Hall–Kier alpha value is -2.05. The molecular formula is C24H28BrClN2O3. The zero-order valence-electron chi connectivity index (χ0n) is 17.9. The Kier molecular flexibility index (Phi) is 8.38. The van der Waals surface area contributed by atoms with Crippen LogP contribution in [0.15, 0.2) is 46.9 Å². The van der Waals surface area contributed by atoms with Crippen LogP contribution in [0.4, 0.5) is 0 Å². The molecule has 1 N–H and O–H groups in total. The van der Waals surface area contributed by atoms with Crippen molar-refractivity contribution in [1.29, 1.82) is 0 Å². The van der Waals surface area contributed by atoms with Gasteiger partial charge in [-0.2, -0.15) is 0 Å². The van der Waals surface area contributed by atoms with Gasteiger partial charge in [-0.3, -0.25) is 9.59 Å². The maximum atomic E-state index is 13.1. The molecule has 1 atom stereocenters. The molecule has 0 bridgehead atoms. The van der Waals surface area contributed by atoms with Crippen LogP contribution in [0.2, 0.25) is 5.02 Å². The van der Waals surface area contributed by atoms with Crippen LogP contribution in [-0.4, -0.2) is 35.4 Å². The van der Waals surface area contributed by atoms with Crippen LogP contribution in [0, 0.1) is 6.92 Å². The van der Waals surface area contributed by atoms with Crippen molar-refractivity contribution in [3.05, 3.63) is 63.1 Å². The molecule has 1 saturated carbocycles. The zero-order chi connectivity index (χ0) is 22.4. The molecule has 0 heterocycles. The lowest BCUT2D eigenvalue weighted by Crippen LogP contribution is -2.50. The summed E-state index contributed by atoms with van der Waals surface area (Å²) in [6, 6.07) is 12.6. The van der Waals surface area contributed by atoms with Gasteiger partial charge in [0.25, 0.3) is 5.91 Å². The van der Waals surface area contributed by atoms with Crippen LogP contribution in [0.1, 0.15) is 43.7 Å². The van der Waals surface area contributed by atoms with Crippen molar-refractivity contribution in [2.24, 2.45) is 0 Å². The Morgan fingerprint density at radius 3 is 2.65 bits per heavy atom. The third kappa shape index (κ3) is 6.71. The Morgan fingerprint density at radius 1 is 1.23 bits per heavy atom. The van der Waals surface area contributed by atoms with Crippen molar-refractivity contribution in [3.63, 3.8) is 0 Å². The van der Waals surface area contributed by atoms with E-state index in [2.05, 4.69) is 21.2 Å².